The number of nitrogens with one attached hydrogen (secondary N) is 2. The molecule has 0 bridgehead atoms. The molecule has 0 aliphatic heterocycles. The normalized spacial score (nSPS) is 11.4. The third kappa shape index (κ3) is 6.52. The number of ether oxygens (including phenoxy) is 3. The van der Waals surface area contributed by atoms with Crippen LogP contribution in [0.5, 0.6) is 17.2 Å². The maximum atomic E-state index is 12.9. The average molecular weight is 439 g/mol. The van der Waals surface area contributed by atoms with Gasteiger partial charge < -0.3 is 14.2 Å². The highest BCUT2D eigenvalue weighted by Gasteiger charge is 2.19. The predicted octanol–water partition coefficient (Wildman–Crippen LogP) is 3.90. The predicted molar refractivity (Wildman–Crippen MR) is 111 cm³/mol. The Morgan fingerprint density at radius 1 is 1.10 bits per heavy atom. The molecule has 0 saturated heterocycles. The fourth-order valence-corrected chi connectivity index (χ4v) is 2.63. The van der Waals surface area contributed by atoms with Crippen molar-refractivity contribution in [3.05, 3.63) is 52.8 Å². The van der Waals surface area contributed by atoms with Crippen molar-refractivity contribution in [1.82, 2.24) is 10.9 Å². The van der Waals surface area contributed by atoms with E-state index in [1.165, 1.54) is 43.3 Å². The first-order valence-electron chi connectivity index (χ1n) is 9.47. The smallest absolute Gasteiger partial charge is 0.279 e. The molecule has 0 radical (unpaired) electrons. The van der Waals surface area contributed by atoms with Crippen molar-refractivity contribution in [2.45, 2.75) is 33.3 Å². The van der Waals surface area contributed by atoms with Gasteiger partial charge in [0.15, 0.2) is 17.6 Å². The van der Waals surface area contributed by atoms with Crippen molar-refractivity contribution in [2.24, 2.45) is 0 Å². The minimum Gasteiger partial charge on any atom is -0.490 e. The Hall–Kier alpha value is -3.00. The first-order chi connectivity index (χ1) is 14.3. The van der Waals surface area contributed by atoms with Gasteiger partial charge in [0.25, 0.3) is 11.8 Å². The highest BCUT2D eigenvalue weighted by Crippen LogP contribution is 2.36. The average Bonchev–Trinajstić information content (AvgIpc) is 2.72. The Morgan fingerprint density at radius 2 is 1.80 bits per heavy atom. The first-order valence-corrected chi connectivity index (χ1v) is 9.85. The van der Waals surface area contributed by atoms with Crippen LogP contribution >= 0.6 is 11.6 Å². The Labute approximate surface area is 179 Å². The van der Waals surface area contributed by atoms with Crippen molar-refractivity contribution in [3.8, 4) is 17.2 Å². The zero-order chi connectivity index (χ0) is 22.1. The maximum absolute atomic E-state index is 12.9. The second-order valence-corrected chi connectivity index (χ2v) is 6.63. The first kappa shape index (κ1) is 23.3. The van der Waals surface area contributed by atoms with Gasteiger partial charge in [-0.3, -0.25) is 20.4 Å². The topological polar surface area (TPSA) is 85.9 Å². The van der Waals surface area contributed by atoms with E-state index in [0.29, 0.717) is 30.5 Å². The molecule has 30 heavy (non-hydrogen) atoms. The lowest BCUT2D eigenvalue weighted by molar-refractivity contribution is -0.128. The number of carbonyl (C=O) groups excluding carboxylic acids is 2. The second-order valence-electron chi connectivity index (χ2n) is 6.22. The molecule has 0 aliphatic rings. The minimum absolute atomic E-state index is 0.180. The number of carbonyl (C=O) groups is 2. The summed E-state index contributed by atoms with van der Waals surface area (Å²) in [5, 5.41) is 0.221. The van der Waals surface area contributed by atoms with Crippen LogP contribution in [0, 0.1) is 5.82 Å². The summed E-state index contributed by atoms with van der Waals surface area (Å²) in [6.45, 7) is 6.06. The Balaban J connectivity index is 2.00. The monoisotopic (exact) mass is 438 g/mol. The third-order valence-corrected chi connectivity index (χ3v) is 4.10. The van der Waals surface area contributed by atoms with Crippen LogP contribution in [0.3, 0.4) is 0 Å². The van der Waals surface area contributed by atoms with Crippen LogP contribution in [0.1, 0.15) is 37.6 Å². The fourth-order valence-electron chi connectivity index (χ4n) is 2.37. The summed E-state index contributed by atoms with van der Waals surface area (Å²) >= 11 is 6.25. The summed E-state index contributed by atoms with van der Waals surface area (Å²) in [7, 11) is 0. The van der Waals surface area contributed by atoms with E-state index in [1.54, 1.807) is 6.92 Å². The quantitative estimate of drug-likeness (QED) is 0.580. The van der Waals surface area contributed by atoms with Crippen molar-refractivity contribution in [3.63, 3.8) is 0 Å². The maximum Gasteiger partial charge on any atom is 0.279 e. The van der Waals surface area contributed by atoms with Gasteiger partial charge in [-0.15, -0.1) is 0 Å². The van der Waals surface area contributed by atoms with Crippen LogP contribution in [0.4, 0.5) is 4.39 Å². The number of benzene rings is 2. The van der Waals surface area contributed by atoms with E-state index in [4.69, 9.17) is 25.8 Å². The molecule has 162 valence electrons. The number of hydrogen-bond donors (Lipinski definition) is 2. The van der Waals surface area contributed by atoms with Crippen LogP contribution < -0.4 is 25.1 Å². The van der Waals surface area contributed by atoms with E-state index in [-0.39, 0.29) is 10.6 Å². The zero-order valence-corrected chi connectivity index (χ0v) is 17.7. The van der Waals surface area contributed by atoms with Gasteiger partial charge >= 0.3 is 0 Å². The molecule has 0 aliphatic carbocycles. The molecule has 2 rings (SSSR count). The van der Waals surface area contributed by atoms with E-state index < -0.39 is 23.7 Å². The van der Waals surface area contributed by atoms with Crippen molar-refractivity contribution >= 4 is 23.4 Å². The molecule has 0 fully saturated rings. The summed E-state index contributed by atoms with van der Waals surface area (Å²) in [4.78, 5) is 24.6. The van der Waals surface area contributed by atoms with Crippen molar-refractivity contribution < 1.29 is 28.2 Å². The summed E-state index contributed by atoms with van der Waals surface area (Å²) in [5.41, 5.74) is 4.76. The molecule has 2 aromatic carbocycles. The Kier molecular flexibility index (Phi) is 8.73. The van der Waals surface area contributed by atoms with Crippen LogP contribution in [0.25, 0.3) is 0 Å². The van der Waals surface area contributed by atoms with Crippen LogP contribution in [0.15, 0.2) is 36.4 Å². The molecule has 9 heteroatoms. The molecule has 0 spiro atoms. The lowest BCUT2D eigenvalue weighted by Gasteiger charge is -2.16. The van der Waals surface area contributed by atoms with Gasteiger partial charge in [0.1, 0.15) is 11.6 Å². The highest BCUT2D eigenvalue weighted by atomic mass is 35.5. The fraction of sp³-hybridized carbons (Fsp3) is 0.333. The molecule has 2 aromatic rings. The number of amides is 2. The van der Waals surface area contributed by atoms with Gasteiger partial charge in [-0.25, -0.2) is 4.39 Å². The standard InChI is InChI=1S/C21H24ClFN2O5/c1-4-10-29-19-17(22)11-14(12-18(19)28-5-2)21(27)25-24-20(26)13(3)30-16-8-6-15(23)7-9-16/h6-9,11-13H,4-5,10H2,1-3H3,(H,24,26)(H,25,27). The number of halogens is 2. The van der Waals surface area contributed by atoms with Gasteiger partial charge in [0.2, 0.25) is 0 Å². The lowest BCUT2D eigenvalue weighted by Crippen LogP contribution is -2.47. The molecular weight excluding hydrogens is 415 g/mol. The minimum atomic E-state index is -0.928. The Morgan fingerprint density at radius 3 is 2.43 bits per heavy atom. The summed E-state index contributed by atoms with van der Waals surface area (Å²) in [5.74, 6) is -0.580. The van der Waals surface area contributed by atoms with Crippen molar-refractivity contribution in [1.29, 1.82) is 0 Å². The van der Waals surface area contributed by atoms with E-state index in [1.807, 2.05) is 6.92 Å². The van der Waals surface area contributed by atoms with Gasteiger partial charge in [0.05, 0.1) is 18.2 Å². The Bertz CT molecular complexity index is 876. The molecule has 0 heterocycles. The van der Waals surface area contributed by atoms with Crippen LogP contribution in [-0.4, -0.2) is 31.1 Å². The largest absolute Gasteiger partial charge is 0.490 e. The molecule has 0 aromatic heterocycles. The SMILES string of the molecule is CCCOc1c(Cl)cc(C(=O)NNC(=O)C(C)Oc2ccc(F)cc2)cc1OCC. The molecular formula is C21H24ClFN2O5. The van der Waals surface area contributed by atoms with Gasteiger partial charge in [-0.1, -0.05) is 18.5 Å². The second kappa shape index (κ2) is 11.3. The summed E-state index contributed by atoms with van der Waals surface area (Å²) in [6, 6.07) is 8.15. The van der Waals surface area contributed by atoms with E-state index in [9.17, 15) is 14.0 Å². The van der Waals surface area contributed by atoms with Crippen LogP contribution in [0.2, 0.25) is 5.02 Å². The van der Waals surface area contributed by atoms with E-state index in [2.05, 4.69) is 10.9 Å². The van der Waals surface area contributed by atoms with Crippen molar-refractivity contribution in [2.75, 3.05) is 13.2 Å². The lowest BCUT2D eigenvalue weighted by atomic mass is 10.2. The molecule has 1 unspecified atom stereocenters. The van der Waals surface area contributed by atoms with Gasteiger partial charge in [-0.05, 0) is 56.7 Å². The van der Waals surface area contributed by atoms with E-state index in [0.717, 1.165) is 6.42 Å². The summed E-state index contributed by atoms with van der Waals surface area (Å²) < 4.78 is 29.5. The number of hydrazine groups is 1. The molecule has 2 amide bonds. The van der Waals surface area contributed by atoms with Gasteiger partial charge in [-0.2, -0.15) is 0 Å². The molecule has 2 N–H and O–H groups in total. The number of rotatable bonds is 9. The zero-order valence-electron chi connectivity index (χ0n) is 17.0. The van der Waals surface area contributed by atoms with E-state index >= 15 is 0 Å². The van der Waals surface area contributed by atoms with Crippen LogP contribution in [-0.2, 0) is 4.79 Å². The molecule has 0 saturated carbocycles. The van der Waals surface area contributed by atoms with Gasteiger partial charge in [0, 0.05) is 5.56 Å². The molecule has 1 atom stereocenters. The summed E-state index contributed by atoms with van der Waals surface area (Å²) in [6.07, 6.45) is -0.142. The number of hydrogen-bond acceptors (Lipinski definition) is 5. The molecule has 7 nitrogen and oxygen atoms in total. The highest BCUT2D eigenvalue weighted by molar-refractivity contribution is 6.32. The third-order valence-electron chi connectivity index (χ3n) is 3.82.